The standard InChI is InChI=1S/C18H14O5/c1-11-4-2-3-5-14(11)18(21)22-10-12-8-17(20)23-16-9-13(19)6-7-15(12)16/h2-9,19H,10H2,1H3. The summed E-state index contributed by atoms with van der Waals surface area (Å²) in [5, 5.41) is 10.1. The molecule has 0 aliphatic heterocycles. The first kappa shape index (κ1) is 14.8. The molecule has 1 aromatic heterocycles. The van der Waals surface area contributed by atoms with Crippen LogP contribution >= 0.6 is 0 Å². The summed E-state index contributed by atoms with van der Waals surface area (Å²) >= 11 is 0. The maximum absolute atomic E-state index is 12.2. The number of benzene rings is 2. The molecule has 1 heterocycles. The van der Waals surface area contributed by atoms with E-state index in [4.69, 9.17) is 9.15 Å². The number of phenolic OH excluding ortho intramolecular Hbond substituents is 1. The highest BCUT2D eigenvalue weighted by Gasteiger charge is 2.12. The number of aryl methyl sites for hydroxylation is 1. The van der Waals surface area contributed by atoms with Gasteiger partial charge in [-0.05, 0) is 30.7 Å². The van der Waals surface area contributed by atoms with Crippen molar-refractivity contribution in [1.82, 2.24) is 0 Å². The van der Waals surface area contributed by atoms with Gasteiger partial charge in [0, 0.05) is 23.1 Å². The van der Waals surface area contributed by atoms with E-state index in [1.807, 2.05) is 19.1 Å². The van der Waals surface area contributed by atoms with Crippen LogP contribution in [-0.4, -0.2) is 11.1 Å². The van der Waals surface area contributed by atoms with E-state index in [2.05, 4.69) is 0 Å². The van der Waals surface area contributed by atoms with Crippen LogP contribution in [0.15, 0.2) is 57.7 Å². The van der Waals surface area contributed by atoms with Gasteiger partial charge in [0.15, 0.2) is 0 Å². The van der Waals surface area contributed by atoms with Gasteiger partial charge in [-0.3, -0.25) is 0 Å². The van der Waals surface area contributed by atoms with Crippen molar-refractivity contribution in [3.8, 4) is 5.75 Å². The number of phenols is 1. The Kier molecular flexibility index (Phi) is 3.85. The Hall–Kier alpha value is -3.08. The van der Waals surface area contributed by atoms with E-state index in [1.165, 1.54) is 18.2 Å². The second-order valence-corrected chi connectivity index (χ2v) is 5.16. The summed E-state index contributed by atoms with van der Waals surface area (Å²) in [5.41, 5.74) is 1.51. The Morgan fingerprint density at radius 1 is 1.17 bits per heavy atom. The van der Waals surface area contributed by atoms with Crippen LogP contribution in [0.3, 0.4) is 0 Å². The third-order valence-corrected chi connectivity index (χ3v) is 3.54. The number of hydrogen-bond acceptors (Lipinski definition) is 5. The molecule has 3 aromatic rings. The highest BCUT2D eigenvalue weighted by molar-refractivity contribution is 5.91. The molecular formula is C18H14O5. The molecule has 0 saturated carbocycles. The first-order valence-corrected chi connectivity index (χ1v) is 7.03. The van der Waals surface area contributed by atoms with E-state index in [1.54, 1.807) is 18.2 Å². The average molecular weight is 310 g/mol. The SMILES string of the molecule is Cc1ccccc1C(=O)OCc1cc(=O)oc2cc(O)ccc12. The first-order valence-electron chi connectivity index (χ1n) is 7.03. The predicted octanol–water partition coefficient (Wildman–Crippen LogP) is 3.16. The highest BCUT2D eigenvalue weighted by atomic mass is 16.5. The summed E-state index contributed by atoms with van der Waals surface area (Å²) < 4.78 is 10.3. The van der Waals surface area contributed by atoms with Crippen LogP contribution in [0, 0.1) is 6.92 Å². The van der Waals surface area contributed by atoms with Crippen LogP contribution in [0.25, 0.3) is 11.0 Å². The number of fused-ring (bicyclic) bond motifs is 1. The molecule has 5 heteroatoms. The zero-order valence-corrected chi connectivity index (χ0v) is 12.4. The molecule has 23 heavy (non-hydrogen) atoms. The predicted molar refractivity (Wildman–Crippen MR) is 84.4 cm³/mol. The van der Waals surface area contributed by atoms with E-state index < -0.39 is 11.6 Å². The lowest BCUT2D eigenvalue weighted by atomic mass is 10.1. The van der Waals surface area contributed by atoms with Gasteiger partial charge in [0.1, 0.15) is 17.9 Å². The van der Waals surface area contributed by atoms with Crippen LogP contribution in [-0.2, 0) is 11.3 Å². The van der Waals surface area contributed by atoms with Crippen molar-refractivity contribution in [1.29, 1.82) is 0 Å². The van der Waals surface area contributed by atoms with Crippen LogP contribution in [0.5, 0.6) is 5.75 Å². The zero-order valence-electron chi connectivity index (χ0n) is 12.4. The molecule has 116 valence electrons. The van der Waals surface area contributed by atoms with Gasteiger partial charge >= 0.3 is 11.6 Å². The van der Waals surface area contributed by atoms with Gasteiger partial charge in [-0.25, -0.2) is 9.59 Å². The summed E-state index contributed by atoms with van der Waals surface area (Å²) in [5.74, 6) is -0.460. The van der Waals surface area contributed by atoms with E-state index in [0.717, 1.165) is 5.56 Å². The molecule has 1 N–H and O–H groups in total. The lowest BCUT2D eigenvalue weighted by Crippen LogP contribution is -2.09. The number of ether oxygens (including phenoxy) is 1. The number of esters is 1. The van der Waals surface area contributed by atoms with Crippen LogP contribution in [0.1, 0.15) is 21.5 Å². The van der Waals surface area contributed by atoms with Gasteiger partial charge in [0.05, 0.1) is 5.56 Å². The maximum atomic E-state index is 12.2. The molecule has 3 rings (SSSR count). The van der Waals surface area contributed by atoms with Crippen molar-refractivity contribution >= 4 is 16.9 Å². The number of rotatable bonds is 3. The lowest BCUT2D eigenvalue weighted by molar-refractivity contribution is 0.0473. The minimum Gasteiger partial charge on any atom is -0.508 e. The number of aromatic hydroxyl groups is 1. The highest BCUT2D eigenvalue weighted by Crippen LogP contribution is 2.22. The molecule has 0 fully saturated rings. The van der Waals surface area contributed by atoms with Crippen molar-refractivity contribution < 1.29 is 19.1 Å². The van der Waals surface area contributed by atoms with E-state index in [9.17, 15) is 14.7 Å². The van der Waals surface area contributed by atoms with Crippen LogP contribution in [0.2, 0.25) is 0 Å². The molecule has 0 aliphatic carbocycles. The zero-order chi connectivity index (χ0) is 16.4. The fourth-order valence-electron chi connectivity index (χ4n) is 2.36. The first-order chi connectivity index (χ1) is 11.0. The van der Waals surface area contributed by atoms with Crippen molar-refractivity contribution in [3.05, 3.63) is 75.6 Å². The molecule has 0 saturated heterocycles. The van der Waals surface area contributed by atoms with E-state index >= 15 is 0 Å². The summed E-state index contributed by atoms with van der Waals surface area (Å²) in [7, 11) is 0. The number of carbonyl (C=O) groups excluding carboxylic acids is 1. The Morgan fingerprint density at radius 2 is 1.96 bits per heavy atom. The number of hydrogen-bond donors (Lipinski definition) is 1. The van der Waals surface area contributed by atoms with Gasteiger partial charge in [-0.2, -0.15) is 0 Å². The Balaban J connectivity index is 1.89. The summed E-state index contributed by atoms with van der Waals surface area (Å²) in [6, 6.07) is 12.8. The third-order valence-electron chi connectivity index (χ3n) is 3.54. The van der Waals surface area contributed by atoms with Crippen LogP contribution in [0.4, 0.5) is 0 Å². The van der Waals surface area contributed by atoms with Gasteiger partial charge in [0.2, 0.25) is 0 Å². The third kappa shape index (κ3) is 3.08. The monoisotopic (exact) mass is 310 g/mol. The molecule has 5 nitrogen and oxygen atoms in total. The quantitative estimate of drug-likeness (QED) is 0.594. The topological polar surface area (TPSA) is 76.7 Å². The van der Waals surface area contributed by atoms with Gasteiger partial charge in [-0.15, -0.1) is 0 Å². The molecule has 0 spiro atoms. The Bertz CT molecular complexity index is 940. The normalized spacial score (nSPS) is 10.7. The Morgan fingerprint density at radius 3 is 2.74 bits per heavy atom. The molecule has 0 radical (unpaired) electrons. The largest absolute Gasteiger partial charge is 0.508 e. The van der Waals surface area contributed by atoms with Gasteiger partial charge < -0.3 is 14.3 Å². The molecular weight excluding hydrogens is 296 g/mol. The summed E-state index contributed by atoms with van der Waals surface area (Å²) in [4.78, 5) is 23.7. The van der Waals surface area contributed by atoms with Gasteiger partial charge in [0.25, 0.3) is 0 Å². The molecule has 0 atom stereocenters. The lowest BCUT2D eigenvalue weighted by Gasteiger charge is -2.08. The molecule has 2 aromatic carbocycles. The summed E-state index contributed by atoms with van der Waals surface area (Å²) in [6.45, 7) is 1.77. The summed E-state index contributed by atoms with van der Waals surface area (Å²) in [6.07, 6.45) is 0. The average Bonchev–Trinajstić information content (AvgIpc) is 2.52. The maximum Gasteiger partial charge on any atom is 0.338 e. The molecule has 0 amide bonds. The second-order valence-electron chi connectivity index (χ2n) is 5.16. The minimum absolute atomic E-state index is 0.00490. The molecule has 0 aliphatic rings. The minimum atomic E-state index is -0.565. The fraction of sp³-hybridized carbons (Fsp3) is 0.111. The molecule has 0 unspecified atom stereocenters. The van der Waals surface area contributed by atoms with Crippen LogP contribution < -0.4 is 5.63 Å². The number of carbonyl (C=O) groups is 1. The van der Waals surface area contributed by atoms with E-state index in [0.29, 0.717) is 16.5 Å². The Labute approximate surface area is 131 Å². The van der Waals surface area contributed by atoms with Crippen molar-refractivity contribution in [2.75, 3.05) is 0 Å². The second kappa shape index (κ2) is 5.96. The van der Waals surface area contributed by atoms with Gasteiger partial charge in [-0.1, -0.05) is 18.2 Å². The smallest absolute Gasteiger partial charge is 0.338 e. The van der Waals surface area contributed by atoms with Crippen molar-refractivity contribution in [2.24, 2.45) is 0 Å². The van der Waals surface area contributed by atoms with Crippen molar-refractivity contribution in [3.63, 3.8) is 0 Å². The van der Waals surface area contributed by atoms with Crippen molar-refractivity contribution in [2.45, 2.75) is 13.5 Å². The fourth-order valence-corrected chi connectivity index (χ4v) is 2.36. The molecule has 0 bridgehead atoms. The van der Waals surface area contributed by atoms with E-state index in [-0.39, 0.29) is 17.9 Å².